The third-order valence-corrected chi connectivity index (χ3v) is 3.19. The molecule has 0 amide bonds. The number of nitrogens with zero attached hydrogens (tertiary/aromatic N) is 3. The molecule has 1 N–H and O–H groups in total. The van der Waals surface area contributed by atoms with Crippen LogP contribution in [0.25, 0.3) is 5.82 Å². The molecule has 0 bridgehead atoms. The van der Waals surface area contributed by atoms with Gasteiger partial charge in [0.15, 0.2) is 5.82 Å². The van der Waals surface area contributed by atoms with Crippen LogP contribution < -0.4 is 5.56 Å². The van der Waals surface area contributed by atoms with Gasteiger partial charge in [0.2, 0.25) is 0 Å². The highest BCUT2D eigenvalue weighted by Crippen LogP contribution is 2.16. The molecule has 0 saturated heterocycles. The minimum absolute atomic E-state index is 0.0258. The number of H-pyrrole nitrogens is 1. The summed E-state index contributed by atoms with van der Waals surface area (Å²) in [5.41, 5.74) is 2.85. The number of nitrogens with one attached hydrogen (secondary N) is 1. The Kier molecular flexibility index (Phi) is 2.31. The van der Waals surface area contributed by atoms with Crippen LogP contribution in [0.15, 0.2) is 16.9 Å². The fourth-order valence-corrected chi connectivity index (χ4v) is 2.26. The largest absolute Gasteiger partial charge is 0.293 e. The molecule has 2 heterocycles. The van der Waals surface area contributed by atoms with E-state index in [1.807, 2.05) is 19.1 Å². The average Bonchev–Trinajstić information content (AvgIpc) is 2.69. The summed E-state index contributed by atoms with van der Waals surface area (Å²) < 4.78 is 1.50. The van der Waals surface area contributed by atoms with Crippen LogP contribution in [0.1, 0.15) is 29.8 Å². The van der Waals surface area contributed by atoms with Crippen LogP contribution in [-0.2, 0) is 12.8 Å². The molecule has 0 radical (unpaired) electrons. The van der Waals surface area contributed by atoms with E-state index in [1.54, 1.807) is 0 Å². The molecule has 5 heteroatoms. The first-order valence-corrected chi connectivity index (χ1v) is 5.89. The van der Waals surface area contributed by atoms with Gasteiger partial charge in [-0.15, -0.1) is 5.10 Å². The van der Waals surface area contributed by atoms with E-state index < -0.39 is 0 Å². The third-order valence-electron chi connectivity index (χ3n) is 3.19. The fourth-order valence-electron chi connectivity index (χ4n) is 2.26. The molecule has 0 atom stereocenters. The average molecular weight is 230 g/mol. The van der Waals surface area contributed by atoms with Crippen molar-refractivity contribution in [3.8, 4) is 5.82 Å². The van der Waals surface area contributed by atoms with E-state index in [-0.39, 0.29) is 5.56 Å². The second kappa shape index (κ2) is 3.84. The van der Waals surface area contributed by atoms with Gasteiger partial charge in [0.25, 0.3) is 5.56 Å². The van der Waals surface area contributed by atoms with Crippen molar-refractivity contribution < 1.29 is 0 Å². The zero-order valence-electron chi connectivity index (χ0n) is 9.73. The number of aromatic nitrogens is 4. The van der Waals surface area contributed by atoms with Gasteiger partial charge in [0.05, 0.1) is 5.69 Å². The van der Waals surface area contributed by atoms with Crippen LogP contribution in [0.4, 0.5) is 0 Å². The lowest BCUT2D eigenvalue weighted by molar-refractivity contribution is 0.669. The van der Waals surface area contributed by atoms with Crippen LogP contribution in [0.3, 0.4) is 0 Å². The maximum atomic E-state index is 12.2. The molecular weight excluding hydrogens is 216 g/mol. The predicted octanol–water partition coefficient (Wildman–Crippen LogP) is 1.14. The summed E-state index contributed by atoms with van der Waals surface area (Å²) in [5, 5.41) is 11.1. The number of aryl methyl sites for hydroxylation is 2. The number of aromatic amines is 1. The quantitative estimate of drug-likeness (QED) is 0.799. The highest BCUT2D eigenvalue weighted by atomic mass is 16.1. The standard InChI is InChI=1S/C12H14N4O/c1-8-6-7-11(14-13-8)16-12(17)9-4-2-3-5-10(9)15-16/h6-7,15H,2-5H2,1H3. The van der Waals surface area contributed by atoms with E-state index in [2.05, 4.69) is 15.3 Å². The first kappa shape index (κ1) is 10.3. The Balaban J connectivity index is 2.12. The van der Waals surface area contributed by atoms with Gasteiger partial charge in [-0.2, -0.15) is 9.78 Å². The van der Waals surface area contributed by atoms with Crippen LogP contribution in [0.2, 0.25) is 0 Å². The van der Waals surface area contributed by atoms with Gasteiger partial charge in [0, 0.05) is 11.3 Å². The highest BCUT2D eigenvalue weighted by molar-refractivity contribution is 5.27. The van der Waals surface area contributed by atoms with Crippen LogP contribution in [0, 0.1) is 6.92 Å². The highest BCUT2D eigenvalue weighted by Gasteiger charge is 2.18. The van der Waals surface area contributed by atoms with Crippen molar-refractivity contribution in [1.82, 2.24) is 20.0 Å². The van der Waals surface area contributed by atoms with E-state index in [4.69, 9.17) is 0 Å². The van der Waals surface area contributed by atoms with E-state index in [0.717, 1.165) is 42.6 Å². The summed E-state index contributed by atoms with van der Waals surface area (Å²) >= 11 is 0. The van der Waals surface area contributed by atoms with Gasteiger partial charge in [-0.05, 0) is 44.7 Å². The Bertz CT molecular complexity index is 594. The molecule has 0 fully saturated rings. The maximum Gasteiger partial charge on any atom is 0.276 e. The van der Waals surface area contributed by atoms with Crippen molar-refractivity contribution in [2.45, 2.75) is 32.6 Å². The number of rotatable bonds is 1. The first-order chi connectivity index (χ1) is 8.25. The van der Waals surface area contributed by atoms with Gasteiger partial charge in [0.1, 0.15) is 0 Å². The SMILES string of the molecule is Cc1ccc(-n2[nH]c3c(c2=O)CCCC3)nn1. The van der Waals surface area contributed by atoms with Crippen molar-refractivity contribution in [3.63, 3.8) is 0 Å². The molecule has 0 aromatic carbocycles. The molecule has 88 valence electrons. The predicted molar refractivity (Wildman–Crippen MR) is 63.4 cm³/mol. The lowest BCUT2D eigenvalue weighted by Crippen LogP contribution is -2.19. The van der Waals surface area contributed by atoms with Crippen molar-refractivity contribution in [1.29, 1.82) is 0 Å². The third kappa shape index (κ3) is 1.67. The summed E-state index contributed by atoms with van der Waals surface area (Å²) in [5.74, 6) is 0.565. The Labute approximate surface area is 98.5 Å². The Morgan fingerprint density at radius 3 is 2.76 bits per heavy atom. The monoisotopic (exact) mass is 230 g/mol. The van der Waals surface area contributed by atoms with Gasteiger partial charge >= 0.3 is 0 Å². The molecule has 0 unspecified atom stereocenters. The van der Waals surface area contributed by atoms with Crippen molar-refractivity contribution in [3.05, 3.63) is 39.4 Å². The Hall–Kier alpha value is -1.91. The Morgan fingerprint density at radius 1 is 1.24 bits per heavy atom. The fraction of sp³-hybridized carbons (Fsp3) is 0.417. The van der Waals surface area contributed by atoms with Crippen molar-refractivity contribution in [2.75, 3.05) is 0 Å². The topological polar surface area (TPSA) is 63.6 Å². The zero-order chi connectivity index (χ0) is 11.8. The van der Waals surface area contributed by atoms with Gasteiger partial charge in [-0.1, -0.05) is 0 Å². The minimum Gasteiger partial charge on any atom is -0.293 e. The molecule has 0 spiro atoms. The van der Waals surface area contributed by atoms with Crippen molar-refractivity contribution >= 4 is 0 Å². The van der Waals surface area contributed by atoms with Crippen LogP contribution >= 0.6 is 0 Å². The summed E-state index contributed by atoms with van der Waals surface area (Å²) in [4.78, 5) is 12.2. The minimum atomic E-state index is 0.0258. The summed E-state index contributed by atoms with van der Waals surface area (Å²) in [6.45, 7) is 1.87. The molecule has 1 aliphatic rings. The normalized spacial score (nSPS) is 14.6. The van der Waals surface area contributed by atoms with E-state index in [9.17, 15) is 4.79 Å². The van der Waals surface area contributed by atoms with E-state index in [0.29, 0.717) is 5.82 Å². The molecule has 0 aliphatic heterocycles. The molecule has 2 aromatic rings. The van der Waals surface area contributed by atoms with Gasteiger partial charge in [-0.25, -0.2) is 0 Å². The molecule has 0 saturated carbocycles. The zero-order valence-corrected chi connectivity index (χ0v) is 9.73. The molecular formula is C12H14N4O. The van der Waals surface area contributed by atoms with Gasteiger partial charge in [-0.3, -0.25) is 9.89 Å². The van der Waals surface area contributed by atoms with Crippen LogP contribution in [0.5, 0.6) is 0 Å². The second-order valence-electron chi connectivity index (χ2n) is 4.45. The molecule has 2 aromatic heterocycles. The van der Waals surface area contributed by atoms with Gasteiger partial charge < -0.3 is 0 Å². The lowest BCUT2D eigenvalue weighted by atomic mass is 9.98. The number of hydrogen-bond donors (Lipinski definition) is 1. The molecule has 3 rings (SSSR count). The summed E-state index contributed by atoms with van der Waals surface area (Å²) in [6.07, 6.45) is 4.07. The molecule has 1 aliphatic carbocycles. The van der Waals surface area contributed by atoms with Crippen molar-refractivity contribution in [2.24, 2.45) is 0 Å². The van der Waals surface area contributed by atoms with E-state index in [1.165, 1.54) is 4.68 Å². The lowest BCUT2D eigenvalue weighted by Gasteiger charge is -2.07. The maximum absolute atomic E-state index is 12.2. The Morgan fingerprint density at radius 2 is 2.06 bits per heavy atom. The number of hydrogen-bond acceptors (Lipinski definition) is 3. The first-order valence-electron chi connectivity index (χ1n) is 5.89. The number of fused-ring (bicyclic) bond motifs is 1. The van der Waals surface area contributed by atoms with E-state index >= 15 is 0 Å². The molecule has 5 nitrogen and oxygen atoms in total. The molecule has 17 heavy (non-hydrogen) atoms. The summed E-state index contributed by atoms with van der Waals surface area (Å²) in [7, 11) is 0. The summed E-state index contributed by atoms with van der Waals surface area (Å²) in [6, 6.07) is 3.67. The van der Waals surface area contributed by atoms with Crippen LogP contribution in [-0.4, -0.2) is 20.0 Å². The second-order valence-corrected chi connectivity index (χ2v) is 4.45. The smallest absolute Gasteiger partial charge is 0.276 e.